The molecule has 0 saturated carbocycles. The summed E-state index contributed by atoms with van der Waals surface area (Å²) in [5, 5.41) is 0.408. The largest absolute Gasteiger partial charge is 0.419 e. The molecule has 3 aromatic rings. The molecule has 1 aromatic heterocycles. The Labute approximate surface area is 221 Å². The van der Waals surface area contributed by atoms with Gasteiger partial charge in [0.25, 0.3) is 0 Å². The van der Waals surface area contributed by atoms with E-state index in [0.717, 1.165) is 16.3 Å². The van der Waals surface area contributed by atoms with Crippen molar-refractivity contribution in [3.05, 3.63) is 69.6 Å². The molecule has 13 heteroatoms. The third-order valence-corrected chi connectivity index (χ3v) is 10.2. The summed E-state index contributed by atoms with van der Waals surface area (Å²) in [6, 6.07) is 8.57. The molecule has 3 rings (SSSR count). The molecular weight excluding hydrogens is 601 g/mol. The molecule has 2 atom stereocenters. The van der Waals surface area contributed by atoms with E-state index in [2.05, 4.69) is 15.9 Å². The molecule has 0 aliphatic heterocycles. The second-order valence-corrected chi connectivity index (χ2v) is 14.2. The van der Waals surface area contributed by atoms with Crippen LogP contribution in [-0.4, -0.2) is 29.1 Å². The average molecular weight is 628 g/mol. The van der Waals surface area contributed by atoms with E-state index in [0.29, 0.717) is 17.5 Å². The number of benzene rings is 2. The minimum absolute atomic E-state index is 0.129. The van der Waals surface area contributed by atoms with Crippen molar-refractivity contribution in [1.82, 2.24) is 3.97 Å². The Hall–Kier alpha value is -1.72. The zero-order valence-corrected chi connectivity index (χ0v) is 24.0. The van der Waals surface area contributed by atoms with Crippen LogP contribution in [0.5, 0.6) is 0 Å². The van der Waals surface area contributed by atoms with Crippen LogP contribution < -0.4 is 0 Å². The maximum atomic E-state index is 14.0. The van der Waals surface area contributed by atoms with Crippen LogP contribution >= 0.6 is 23.5 Å². The first-order valence-corrected chi connectivity index (χ1v) is 15.4. The van der Waals surface area contributed by atoms with Gasteiger partial charge in [-0.05, 0) is 65.9 Å². The molecule has 0 aliphatic rings. The second kappa shape index (κ2) is 10.1. The number of aromatic nitrogens is 1. The van der Waals surface area contributed by atoms with Gasteiger partial charge in [-0.25, -0.2) is 16.8 Å². The predicted octanol–water partition coefficient (Wildman–Crippen LogP) is 7.29. The van der Waals surface area contributed by atoms with Gasteiger partial charge >= 0.3 is 13.8 Å². The van der Waals surface area contributed by atoms with Gasteiger partial charge < -0.3 is 9.42 Å². The Morgan fingerprint density at radius 3 is 2.27 bits per heavy atom. The van der Waals surface area contributed by atoms with Crippen molar-refractivity contribution in [1.29, 1.82) is 0 Å². The fourth-order valence-electron chi connectivity index (χ4n) is 3.84. The summed E-state index contributed by atoms with van der Waals surface area (Å²) in [6.07, 6.45) is -4.64. The number of halogens is 5. The molecule has 37 heavy (non-hydrogen) atoms. The lowest BCUT2D eigenvalue weighted by Crippen LogP contribution is -2.31. The molecule has 2 aromatic carbocycles. The van der Waals surface area contributed by atoms with Crippen molar-refractivity contribution in [3.63, 3.8) is 0 Å². The van der Waals surface area contributed by atoms with Crippen molar-refractivity contribution < 1.29 is 40.0 Å². The van der Waals surface area contributed by atoms with Crippen molar-refractivity contribution >= 4 is 44.5 Å². The zero-order valence-electron chi connectivity index (χ0n) is 20.7. The van der Waals surface area contributed by atoms with E-state index >= 15 is 0 Å². The van der Waals surface area contributed by atoms with E-state index < -0.39 is 52.9 Å². The van der Waals surface area contributed by atoms with Gasteiger partial charge in [-0.15, -0.1) is 0 Å². The molecule has 1 N–H and O–H groups in total. The molecule has 1 heterocycles. The number of rotatable bonds is 8. The molecule has 0 aliphatic carbocycles. The number of hydrogen-bond donors (Lipinski definition) is 1. The van der Waals surface area contributed by atoms with Crippen molar-refractivity contribution in [2.24, 2.45) is 5.92 Å². The second-order valence-electron chi connectivity index (χ2n) is 9.69. The first-order valence-electron chi connectivity index (χ1n) is 11.2. The molecule has 204 valence electrons. The first-order chi connectivity index (χ1) is 16.8. The topological polar surface area (TPSA) is 85.6 Å². The number of fused-ring (bicyclic) bond motifs is 1. The highest BCUT2D eigenvalue weighted by Gasteiger charge is 2.44. The monoisotopic (exact) mass is 627 g/mol. The van der Waals surface area contributed by atoms with Crippen LogP contribution in [0.2, 0.25) is 0 Å². The summed E-state index contributed by atoms with van der Waals surface area (Å²) in [5.41, 5.74) is -4.41. The molecule has 0 radical (unpaired) electrons. The van der Waals surface area contributed by atoms with E-state index in [9.17, 15) is 35.4 Å². The molecule has 0 fully saturated rings. The number of nitrogens with zero attached hydrogens (tertiary/aromatic N) is 1. The zero-order chi connectivity index (χ0) is 28.1. The van der Waals surface area contributed by atoms with Crippen LogP contribution in [0.25, 0.3) is 10.9 Å². The minimum atomic E-state index is -5.00. The highest BCUT2D eigenvalue weighted by molar-refractivity contribution is 9.10. The molecule has 2 unspecified atom stereocenters. The third-order valence-electron chi connectivity index (χ3n) is 6.37. The summed E-state index contributed by atoms with van der Waals surface area (Å²) in [5.74, 6) is -1.75. The number of para-hydroxylation sites is 1. The lowest BCUT2D eigenvalue weighted by atomic mass is 9.95. The van der Waals surface area contributed by atoms with Gasteiger partial charge in [0.1, 0.15) is 11.5 Å². The van der Waals surface area contributed by atoms with Crippen molar-refractivity contribution in [3.8, 4) is 0 Å². The van der Waals surface area contributed by atoms with E-state index in [-0.39, 0.29) is 27.2 Å². The fourth-order valence-corrected chi connectivity index (χ4v) is 8.11. The summed E-state index contributed by atoms with van der Waals surface area (Å²) < 4.78 is 101. The Balaban J connectivity index is 2.34. The van der Waals surface area contributed by atoms with Gasteiger partial charge in [-0.1, -0.05) is 38.1 Å². The van der Waals surface area contributed by atoms with Crippen LogP contribution in [-0.2, 0) is 31.7 Å². The van der Waals surface area contributed by atoms with Crippen LogP contribution in [0, 0.1) is 11.7 Å². The van der Waals surface area contributed by atoms with Gasteiger partial charge in [0.15, 0.2) is 0 Å². The molecule has 6 nitrogen and oxygen atoms in total. The van der Waals surface area contributed by atoms with Gasteiger partial charge in [-0.3, -0.25) is 4.57 Å². The van der Waals surface area contributed by atoms with E-state index in [4.69, 9.17) is 4.52 Å². The van der Waals surface area contributed by atoms with Crippen molar-refractivity contribution in [2.75, 3.05) is 6.26 Å². The highest BCUT2D eigenvalue weighted by atomic mass is 79.9. The normalized spacial score (nSPS) is 15.8. The van der Waals surface area contributed by atoms with E-state index in [1.165, 1.54) is 6.07 Å². The molecular formula is C24H27BrF4NO5PS. The van der Waals surface area contributed by atoms with Crippen LogP contribution in [0.15, 0.2) is 46.9 Å². The third kappa shape index (κ3) is 6.14. The predicted molar refractivity (Wildman–Crippen MR) is 138 cm³/mol. The summed E-state index contributed by atoms with van der Waals surface area (Å²) in [4.78, 5) is 11.3. The fraction of sp³-hybridized carbons (Fsp3) is 0.417. The maximum Gasteiger partial charge on any atom is 0.419 e. The van der Waals surface area contributed by atoms with Gasteiger partial charge in [0, 0.05) is 9.86 Å². The Kier molecular flexibility index (Phi) is 8.15. The summed E-state index contributed by atoms with van der Waals surface area (Å²) >= 11 is 3.36. The van der Waals surface area contributed by atoms with Gasteiger partial charge in [0.2, 0.25) is 10.0 Å². The smallest absolute Gasteiger partial charge is 0.324 e. The average Bonchev–Trinajstić information content (AvgIpc) is 3.04. The van der Waals surface area contributed by atoms with Crippen LogP contribution in [0.1, 0.15) is 50.2 Å². The number of alkyl halides is 3. The van der Waals surface area contributed by atoms with E-state index in [1.54, 1.807) is 45.9 Å². The lowest BCUT2D eigenvalue weighted by Gasteiger charge is -2.35. The summed E-state index contributed by atoms with van der Waals surface area (Å²) in [6.45, 7) is 6.68. The molecule has 0 saturated heterocycles. The Morgan fingerprint density at radius 2 is 1.73 bits per heavy atom. The Morgan fingerprint density at radius 1 is 1.14 bits per heavy atom. The standard InChI is InChI=1S/C24H27BrF4NO5PS/c1-14(2)23(3,4)35-36(31,32)20(13-15-10-11-18(26)17(12-15)24(27,28)29)22-21(25)16-8-6-7-9-19(16)30(22)37(5,33)34/h6-12,14,20H,13H2,1-5H3,(H,31,32). The maximum absolute atomic E-state index is 14.0. The lowest BCUT2D eigenvalue weighted by molar-refractivity contribution is -0.140. The van der Waals surface area contributed by atoms with Crippen LogP contribution in [0.3, 0.4) is 0 Å². The quantitative estimate of drug-likeness (QED) is 0.209. The Bertz CT molecular complexity index is 1480. The van der Waals surface area contributed by atoms with Crippen molar-refractivity contribution in [2.45, 2.75) is 51.6 Å². The summed E-state index contributed by atoms with van der Waals surface area (Å²) in [7, 11) is -8.88. The van der Waals surface area contributed by atoms with Gasteiger partial charge in [0.05, 0.1) is 28.6 Å². The molecule has 0 spiro atoms. The molecule has 0 bridgehead atoms. The first kappa shape index (κ1) is 29.8. The SMILES string of the molecule is CC(C)C(C)(C)OP(=O)(O)C(Cc1ccc(F)c(C(F)(F)F)c1)c1c(Br)c2ccccc2n1S(C)(=O)=O. The minimum Gasteiger partial charge on any atom is -0.324 e. The van der Waals surface area contributed by atoms with Crippen LogP contribution in [0.4, 0.5) is 17.6 Å². The number of hydrogen-bond acceptors (Lipinski definition) is 4. The van der Waals surface area contributed by atoms with E-state index in [1.807, 2.05) is 0 Å². The highest BCUT2D eigenvalue weighted by Crippen LogP contribution is 2.62. The van der Waals surface area contributed by atoms with Gasteiger partial charge in [-0.2, -0.15) is 13.2 Å². The molecule has 0 amide bonds.